The molecule has 1 unspecified atom stereocenters. The van der Waals surface area contributed by atoms with Gasteiger partial charge in [-0.05, 0) is 31.2 Å². The van der Waals surface area contributed by atoms with Crippen LogP contribution in [-0.4, -0.2) is 45.4 Å². The van der Waals surface area contributed by atoms with Gasteiger partial charge in [0.15, 0.2) is 11.6 Å². The first-order valence-corrected chi connectivity index (χ1v) is 10.2. The summed E-state index contributed by atoms with van der Waals surface area (Å²) in [6.07, 6.45) is 2.77. The van der Waals surface area contributed by atoms with E-state index in [2.05, 4.69) is 58.9 Å². The van der Waals surface area contributed by atoms with Crippen molar-refractivity contribution in [3.8, 4) is 0 Å². The Balaban J connectivity index is 1.51. The van der Waals surface area contributed by atoms with E-state index in [-0.39, 0.29) is 0 Å². The molecule has 0 amide bonds. The topological polar surface area (TPSA) is 66.6 Å². The van der Waals surface area contributed by atoms with Crippen LogP contribution in [0.3, 0.4) is 0 Å². The fourth-order valence-electron chi connectivity index (χ4n) is 2.68. The molecular weight excluding hydrogens is 356 g/mol. The van der Waals surface area contributed by atoms with Crippen molar-refractivity contribution in [3.63, 3.8) is 0 Å². The van der Waals surface area contributed by atoms with Gasteiger partial charge >= 0.3 is 0 Å². The number of fused-ring (bicyclic) bond motifs is 1. The second-order valence-electron chi connectivity index (χ2n) is 6.18. The van der Waals surface area contributed by atoms with E-state index in [1.54, 1.807) is 0 Å². The number of guanidine groups is 1. The van der Waals surface area contributed by atoms with Crippen molar-refractivity contribution in [2.24, 2.45) is 4.99 Å². The maximum Gasteiger partial charge on any atom is 0.191 e. The number of rotatable bonds is 8. The van der Waals surface area contributed by atoms with Crippen LogP contribution in [0.5, 0.6) is 0 Å². The molecule has 3 aromatic rings. The molecule has 0 aliphatic rings. The van der Waals surface area contributed by atoms with Crippen LogP contribution >= 0.6 is 11.8 Å². The van der Waals surface area contributed by atoms with Gasteiger partial charge in [-0.2, -0.15) is 0 Å². The van der Waals surface area contributed by atoms with Crippen molar-refractivity contribution in [2.75, 3.05) is 19.6 Å². The molecule has 0 bridgehead atoms. The standard InChI is InChI=1S/C20H26N6S/c1-3-21-20(23-15-16(2)27-17-9-5-4-6-10-17)22-13-12-19-25-24-18-11-7-8-14-26(18)19/h4-11,14,16H,3,12-13,15H2,1-2H3,(H2,21,22,23). The smallest absolute Gasteiger partial charge is 0.191 e. The van der Waals surface area contributed by atoms with Gasteiger partial charge in [-0.15, -0.1) is 22.0 Å². The Hall–Kier alpha value is -2.54. The lowest BCUT2D eigenvalue weighted by atomic mass is 10.4. The molecule has 0 fully saturated rings. The lowest BCUT2D eigenvalue weighted by Gasteiger charge is -2.13. The van der Waals surface area contributed by atoms with Crippen molar-refractivity contribution in [2.45, 2.75) is 30.4 Å². The summed E-state index contributed by atoms with van der Waals surface area (Å²) < 4.78 is 2.02. The molecule has 0 spiro atoms. The Kier molecular flexibility index (Phi) is 7.10. The van der Waals surface area contributed by atoms with Crippen LogP contribution in [0, 0.1) is 0 Å². The molecule has 142 valence electrons. The molecule has 0 aliphatic heterocycles. The molecule has 7 heteroatoms. The highest BCUT2D eigenvalue weighted by Gasteiger charge is 2.07. The predicted molar refractivity (Wildman–Crippen MR) is 112 cm³/mol. The fraction of sp³-hybridized carbons (Fsp3) is 0.350. The van der Waals surface area contributed by atoms with Gasteiger partial charge < -0.3 is 10.6 Å². The zero-order valence-corrected chi connectivity index (χ0v) is 16.6. The predicted octanol–water partition coefficient (Wildman–Crippen LogP) is 3.01. The number of hydrogen-bond acceptors (Lipinski definition) is 4. The van der Waals surface area contributed by atoms with Crippen LogP contribution in [0.15, 0.2) is 64.6 Å². The molecule has 2 N–H and O–H groups in total. The number of nitrogens with zero attached hydrogens (tertiary/aromatic N) is 4. The molecule has 6 nitrogen and oxygen atoms in total. The van der Waals surface area contributed by atoms with E-state index < -0.39 is 0 Å². The van der Waals surface area contributed by atoms with E-state index in [1.807, 2.05) is 46.6 Å². The number of thioether (sulfide) groups is 1. The Labute approximate surface area is 164 Å². The highest BCUT2D eigenvalue weighted by atomic mass is 32.2. The lowest BCUT2D eigenvalue weighted by molar-refractivity contribution is 0.761. The summed E-state index contributed by atoms with van der Waals surface area (Å²) in [5.41, 5.74) is 0.875. The van der Waals surface area contributed by atoms with Gasteiger partial charge in [0.05, 0.1) is 6.54 Å². The van der Waals surface area contributed by atoms with Gasteiger partial charge in [-0.3, -0.25) is 9.39 Å². The molecule has 0 radical (unpaired) electrons. The SMILES string of the molecule is CCNC(=NCC(C)Sc1ccccc1)NCCc1nnc2ccccn12. The van der Waals surface area contributed by atoms with Gasteiger partial charge in [-0.25, -0.2) is 0 Å². The van der Waals surface area contributed by atoms with Crippen LogP contribution in [0.25, 0.3) is 5.65 Å². The van der Waals surface area contributed by atoms with Crippen molar-refractivity contribution >= 4 is 23.4 Å². The van der Waals surface area contributed by atoms with Crippen LogP contribution < -0.4 is 10.6 Å². The van der Waals surface area contributed by atoms with Crippen LogP contribution in [0.2, 0.25) is 0 Å². The Morgan fingerprint density at radius 2 is 1.93 bits per heavy atom. The average Bonchev–Trinajstić information content (AvgIpc) is 3.10. The molecule has 0 saturated heterocycles. The minimum Gasteiger partial charge on any atom is -0.357 e. The van der Waals surface area contributed by atoms with E-state index in [9.17, 15) is 0 Å². The first-order chi connectivity index (χ1) is 13.3. The first kappa shape index (κ1) is 19.2. The Bertz CT molecular complexity index is 861. The van der Waals surface area contributed by atoms with Gasteiger partial charge in [0.1, 0.15) is 5.82 Å². The van der Waals surface area contributed by atoms with Gasteiger partial charge in [0.25, 0.3) is 0 Å². The summed E-state index contributed by atoms with van der Waals surface area (Å²) in [4.78, 5) is 6.00. The highest BCUT2D eigenvalue weighted by Crippen LogP contribution is 2.22. The third-order valence-electron chi connectivity index (χ3n) is 3.96. The number of benzene rings is 1. The van der Waals surface area contributed by atoms with E-state index in [1.165, 1.54) is 4.90 Å². The maximum absolute atomic E-state index is 4.72. The van der Waals surface area contributed by atoms with Crippen molar-refractivity contribution in [3.05, 3.63) is 60.6 Å². The molecule has 1 atom stereocenters. The minimum absolute atomic E-state index is 0.406. The quantitative estimate of drug-likeness (QED) is 0.356. The third kappa shape index (κ3) is 5.72. The summed E-state index contributed by atoms with van der Waals surface area (Å²) >= 11 is 1.84. The second-order valence-corrected chi connectivity index (χ2v) is 7.69. The van der Waals surface area contributed by atoms with Crippen molar-refractivity contribution in [1.29, 1.82) is 0 Å². The second kappa shape index (κ2) is 9.97. The Morgan fingerprint density at radius 3 is 2.74 bits per heavy atom. The fourth-order valence-corrected chi connectivity index (χ4v) is 3.61. The van der Waals surface area contributed by atoms with Crippen LogP contribution in [-0.2, 0) is 6.42 Å². The summed E-state index contributed by atoms with van der Waals surface area (Å²) in [5, 5.41) is 15.6. The van der Waals surface area contributed by atoms with Gasteiger partial charge in [0.2, 0.25) is 0 Å². The highest BCUT2D eigenvalue weighted by molar-refractivity contribution is 8.00. The molecule has 0 aliphatic carbocycles. The summed E-state index contributed by atoms with van der Waals surface area (Å²) in [6.45, 7) is 6.61. The van der Waals surface area contributed by atoms with E-state index >= 15 is 0 Å². The number of aliphatic imine (C=N–C) groups is 1. The normalized spacial score (nSPS) is 12.9. The van der Waals surface area contributed by atoms with Crippen molar-refractivity contribution in [1.82, 2.24) is 25.2 Å². The number of nitrogens with one attached hydrogen (secondary N) is 2. The van der Waals surface area contributed by atoms with E-state index in [0.717, 1.165) is 43.5 Å². The van der Waals surface area contributed by atoms with E-state index in [0.29, 0.717) is 5.25 Å². The van der Waals surface area contributed by atoms with Gasteiger partial charge in [0, 0.05) is 35.9 Å². The summed E-state index contributed by atoms with van der Waals surface area (Å²) in [7, 11) is 0. The molecular formula is C20H26N6S. The van der Waals surface area contributed by atoms with Gasteiger partial charge in [-0.1, -0.05) is 31.2 Å². The van der Waals surface area contributed by atoms with Crippen LogP contribution in [0.1, 0.15) is 19.7 Å². The molecule has 2 aromatic heterocycles. The van der Waals surface area contributed by atoms with E-state index in [4.69, 9.17) is 4.99 Å². The maximum atomic E-state index is 4.72. The Morgan fingerprint density at radius 1 is 1.11 bits per heavy atom. The number of hydrogen-bond donors (Lipinski definition) is 2. The summed E-state index contributed by atoms with van der Waals surface area (Å²) in [5.74, 6) is 1.79. The number of pyridine rings is 1. The zero-order chi connectivity index (χ0) is 18.9. The largest absolute Gasteiger partial charge is 0.357 e. The number of aromatic nitrogens is 3. The minimum atomic E-state index is 0.406. The zero-order valence-electron chi connectivity index (χ0n) is 15.8. The monoisotopic (exact) mass is 382 g/mol. The first-order valence-electron chi connectivity index (χ1n) is 9.29. The lowest BCUT2D eigenvalue weighted by Crippen LogP contribution is -2.38. The molecule has 2 heterocycles. The molecule has 3 rings (SSSR count). The molecule has 27 heavy (non-hydrogen) atoms. The molecule has 1 aromatic carbocycles. The molecule has 0 saturated carbocycles. The summed E-state index contributed by atoms with van der Waals surface area (Å²) in [6, 6.07) is 16.4. The third-order valence-corrected chi connectivity index (χ3v) is 5.05. The van der Waals surface area contributed by atoms with Crippen LogP contribution in [0.4, 0.5) is 0 Å². The van der Waals surface area contributed by atoms with Crippen molar-refractivity contribution < 1.29 is 0 Å². The average molecular weight is 383 g/mol.